The maximum Gasteiger partial charge on any atom is 0.253 e. The van der Waals surface area contributed by atoms with E-state index in [0.29, 0.717) is 25.1 Å². The quantitative estimate of drug-likeness (QED) is 0.919. The van der Waals surface area contributed by atoms with Crippen LogP contribution in [0.3, 0.4) is 0 Å². The third-order valence-electron chi connectivity index (χ3n) is 5.56. The van der Waals surface area contributed by atoms with Gasteiger partial charge in [-0.3, -0.25) is 4.79 Å². The largest absolute Gasteiger partial charge is 0.377 e. The Morgan fingerprint density at radius 1 is 1.46 bits per heavy atom. The van der Waals surface area contributed by atoms with Gasteiger partial charge in [0.1, 0.15) is 12.0 Å². The number of nitrogens with zero attached hydrogens (tertiary/aromatic N) is 2. The number of piperidine rings is 1. The number of fused-ring (bicyclic) bond motifs is 1. The fourth-order valence-electron chi connectivity index (χ4n) is 3.59. The molecule has 0 radical (unpaired) electrons. The van der Waals surface area contributed by atoms with Gasteiger partial charge in [0.05, 0.1) is 30.5 Å². The first-order valence-corrected chi connectivity index (χ1v) is 8.75. The number of nitrogens with one attached hydrogen (secondary N) is 1. The number of alkyl halides is 1. The summed E-state index contributed by atoms with van der Waals surface area (Å²) in [5.41, 5.74) is 2.34. The summed E-state index contributed by atoms with van der Waals surface area (Å²) < 4.78 is 19.2. The van der Waals surface area contributed by atoms with Gasteiger partial charge in [0, 0.05) is 18.5 Å². The number of carbonyl (C=O) groups is 1. The average molecular weight is 333 g/mol. The molecule has 24 heavy (non-hydrogen) atoms. The Balaban J connectivity index is 1.37. The number of halogens is 1. The van der Waals surface area contributed by atoms with E-state index in [1.165, 1.54) is 0 Å². The van der Waals surface area contributed by atoms with Gasteiger partial charge in [-0.2, -0.15) is 0 Å². The summed E-state index contributed by atoms with van der Waals surface area (Å²) in [6, 6.07) is 1.94. The number of hydrogen-bond donors (Lipinski definition) is 1. The SMILES string of the molecule is Cc1cc2c(nc1N1CCC(OC[C@]3(C)C[C@H]3F)CC1)CNC2=O. The lowest BCUT2D eigenvalue weighted by molar-refractivity contribution is 0.00763. The molecule has 4 rings (SSSR count). The van der Waals surface area contributed by atoms with Gasteiger partial charge in [-0.25, -0.2) is 9.37 Å². The summed E-state index contributed by atoms with van der Waals surface area (Å²) in [6.45, 7) is 6.78. The number of aromatic nitrogens is 1. The maximum absolute atomic E-state index is 13.3. The summed E-state index contributed by atoms with van der Waals surface area (Å²) in [6.07, 6.45) is 2.03. The second-order valence-electron chi connectivity index (χ2n) is 7.63. The minimum atomic E-state index is -0.688. The molecule has 6 heteroatoms. The highest BCUT2D eigenvalue weighted by molar-refractivity contribution is 5.98. The molecule has 1 N–H and O–H groups in total. The highest BCUT2D eigenvalue weighted by Crippen LogP contribution is 2.48. The van der Waals surface area contributed by atoms with Crippen molar-refractivity contribution in [3.05, 3.63) is 22.9 Å². The molecule has 1 aromatic heterocycles. The molecule has 1 saturated carbocycles. The van der Waals surface area contributed by atoms with Crippen molar-refractivity contribution in [2.75, 3.05) is 24.6 Å². The van der Waals surface area contributed by atoms with Crippen LogP contribution in [0.15, 0.2) is 6.07 Å². The third-order valence-corrected chi connectivity index (χ3v) is 5.56. The van der Waals surface area contributed by atoms with E-state index >= 15 is 0 Å². The topological polar surface area (TPSA) is 54.5 Å². The van der Waals surface area contributed by atoms with Crippen LogP contribution >= 0.6 is 0 Å². The third kappa shape index (κ3) is 2.77. The van der Waals surface area contributed by atoms with Crippen molar-refractivity contribution >= 4 is 11.7 Å². The molecule has 1 aliphatic carbocycles. The molecule has 0 unspecified atom stereocenters. The number of hydrogen-bond acceptors (Lipinski definition) is 4. The van der Waals surface area contributed by atoms with Gasteiger partial charge >= 0.3 is 0 Å². The van der Waals surface area contributed by atoms with Crippen LogP contribution in [0, 0.1) is 12.3 Å². The molecule has 1 amide bonds. The van der Waals surface area contributed by atoms with Crippen molar-refractivity contribution < 1.29 is 13.9 Å². The summed E-state index contributed by atoms with van der Waals surface area (Å²) in [4.78, 5) is 18.7. The van der Waals surface area contributed by atoms with Crippen LogP contribution in [0.1, 0.15) is 47.8 Å². The van der Waals surface area contributed by atoms with Crippen LogP contribution in [-0.4, -0.2) is 42.9 Å². The number of amides is 1. The molecule has 3 heterocycles. The van der Waals surface area contributed by atoms with Crippen molar-refractivity contribution in [1.82, 2.24) is 10.3 Å². The predicted octanol–water partition coefficient (Wildman–Crippen LogP) is 2.37. The molecule has 0 aromatic carbocycles. The zero-order chi connectivity index (χ0) is 16.9. The molecule has 130 valence electrons. The highest BCUT2D eigenvalue weighted by atomic mass is 19.1. The van der Waals surface area contributed by atoms with Crippen LogP contribution in [0.5, 0.6) is 0 Å². The van der Waals surface area contributed by atoms with Crippen molar-refractivity contribution in [1.29, 1.82) is 0 Å². The Morgan fingerprint density at radius 2 is 2.17 bits per heavy atom. The number of anilines is 1. The molecule has 2 aliphatic heterocycles. The fourth-order valence-corrected chi connectivity index (χ4v) is 3.59. The van der Waals surface area contributed by atoms with Gasteiger partial charge in [-0.15, -0.1) is 0 Å². The summed E-state index contributed by atoms with van der Waals surface area (Å²) >= 11 is 0. The first-order chi connectivity index (χ1) is 11.5. The van der Waals surface area contributed by atoms with Crippen molar-refractivity contribution in [2.24, 2.45) is 5.41 Å². The van der Waals surface area contributed by atoms with Crippen LogP contribution in [0.2, 0.25) is 0 Å². The lowest BCUT2D eigenvalue weighted by Crippen LogP contribution is -2.38. The summed E-state index contributed by atoms with van der Waals surface area (Å²) in [7, 11) is 0. The first kappa shape index (κ1) is 15.8. The van der Waals surface area contributed by atoms with Crippen molar-refractivity contribution in [3.8, 4) is 0 Å². The molecule has 1 saturated heterocycles. The second-order valence-corrected chi connectivity index (χ2v) is 7.63. The Morgan fingerprint density at radius 3 is 2.83 bits per heavy atom. The van der Waals surface area contributed by atoms with E-state index < -0.39 is 6.17 Å². The van der Waals surface area contributed by atoms with Gasteiger partial charge < -0.3 is 15.0 Å². The van der Waals surface area contributed by atoms with Gasteiger partial charge in [-0.1, -0.05) is 6.92 Å². The molecule has 2 atom stereocenters. The standard InChI is InChI=1S/C18H24FN3O2/c1-11-7-13-14(9-20-17(13)23)21-16(11)22-5-3-12(4-6-22)24-10-18(2)8-15(18)19/h7,12,15H,3-6,8-10H2,1-2H3,(H,20,23)/t15-,18+/m1/s1. The number of aryl methyl sites for hydroxylation is 1. The van der Waals surface area contributed by atoms with Crippen LogP contribution < -0.4 is 10.2 Å². The van der Waals surface area contributed by atoms with E-state index in [-0.39, 0.29) is 17.4 Å². The van der Waals surface area contributed by atoms with Crippen molar-refractivity contribution in [3.63, 3.8) is 0 Å². The zero-order valence-corrected chi connectivity index (χ0v) is 14.3. The lowest BCUT2D eigenvalue weighted by Gasteiger charge is -2.34. The van der Waals surface area contributed by atoms with Crippen molar-refractivity contribution in [2.45, 2.75) is 51.9 Å². The van der Waals surface area contributed by atoms with E-state index in [0.717, 1.165) is 43.0 Å². The van der Waals surface area contributed by atoms with Crippen LogP contribution in [0.4, 0.5) is 10.2 Å². The minimum Gasteiger partial charge on any atom is -0.377 e. The summed E-state index contributed by atoms with van der Waals surface area (Å²) in [5.74, 6) is 0.945. The summed E-state index contributed by atoms with van der Waals surface area (Å²) in [5, 5.41) is 2.82. The molecule has 0 spiro atoms. The molecule has 2 fully saturated rings. The minimum absolute atomic E-state index is 0.0287. The normalized spacial score (nSPS) is 29.5. The smallest absolute Gasteiger partial charge is 0.253 e. The predicted molar refractivity (Wildman–Crippen MR) is 89.0 cm³/mol. The highest BCUT2D eigenvalue weighted by Gasteiger charge is 2.51. The van der Waals surface area contributed by atoms with Crippen LogP contribution in [0.25, 0.3) is 0 Å². The van der Waals surface area contributed by atoms with E-state index in [1.54, 1.807) is 0 Å². The number of ether oxygens (including phenoxy) is 1. The zero-order valence-electron chi connectivity index (χ0n) is 14.3. The van der Waals surface area contributed by atoms with E-state index in [4.69, 9.17) is 9.72 Å². The van der Waals surface area contributed by atoms with E-state index in [2.05, 4.69) is 10.2 Å². The van der Waals surface area contributed by atoms with Gasteiger partial charge in [0.15, 0.2) is 0 Å². The van der Waals surface area contributed by atoms with E-state index in [9.17, 15) is 9.18 Å². The van der Waals surface area contributed by atoms with Gasteiger partial charge in [-0.05, 0) is 37.8 Å². The second kappa shape index (κ2) is 5.69. The van der Waals surface area contributed by atoms with Gasteiger partial charge in [0.2, 0.25) is 0 Å². The van der Waals surface area contributed by atoms with E-state index in [1.807, 2.05) is 19.9 Å². The lowest BCUT2D eigenvalue weighted by atomic mass is 10.1. The Bertz CT molecular complexity index is 672. The number of rotatable bonds is 4. The molecular weight excluding hydrogens is 309 g/mol. The fraction of sp³-hybridized carbons (Fsp3) is 0.667. The average Bonchev–Trinajstić information content (AvgIpc) is 3.02. The Labute approximate surface area is 141 Å². The maximum atomic E-state index is 13.3. The Kier molecular flexibility index (Phi) is 3.75. The van der Waals surface area contributed by atoms with Crippen LogP contribution in [-0.2, 0) is 11.3 Å². The first-order valence-electron chi connectivity index (χ1n) is 8.75. The molecular formula is C18H24FN3O2. The number of pyridine rings is 1. The van der Waals surface area contributed by atoms with Gasteiger partial charge in [0.25, 0.3) is 5.91 Å². The molecule has 1 aromatic rings. The molecule has 5 nitrogen and oxygen atoms in total. The Hall–Kier alpha value is -1.69. The number of carbonyl (C=O) groups excluding carboxylic acids is 1. The molecule has 0 bridgehead atoms. The molecule has 3 aliphatic rings. The monoisotopic (exact) mass is 333 g/mol.